The summed E-state index contributed by atoms with van der Waals surface area (Å²) in [5.41, 5.74) is -0.882. The SMILES string of the molecule is Cc1ccc(C(=O)C(O)S(=O)(=O)O)c(C)c1. The van der Waals surface area contributed by atoms with Gasteiger partial charge in [0.2, 0.25) is 11.2 Å². The molecule has 1 aromatic rings. The van der Waals surface area contributed by atoms with Crippen molar-refractivity contribution in [2.75, 3.05) is 0 Å². The second kappa shape index (κ2) is 4.32. The number of hydrogen-bond acceptors (Lipinski definition) is 4. The molecule has 1 aromatic carbocycles. The normalized spacial score (nSPS) is 13.5. The van der Waals surface area contributed by atoms with Crippen LogP contribution in [0.3, 0.4) is 0 Å². The minimum atomic E-state index is -4.77. The van der Waals surface area contributed by atoms with Crippen molar-refractivity contribution in [3.05, 3.63) is 34.9 Å². The Kier molecular flexibility index (Phi) is 3.47. The number of carbonyl (C=O) groups is 1. The van der Waals surface area contributed by atoms with Gasteiger partial charge in [0.25, 0.3) is 10.1 Å². The number of aryl methyl sites for hydroxylation is 2. The van der Waals surface area contributed by atoms with E-state index < -0.39 is 21.3 Å². The van der Waals surface area contributed by atoms with Crippen LogP contribution in [0.2, 0.25) is 0 Å². The van der Waals surface area contributed by atoms with E-state index in [0.29, 0.717) is 5.56 Å². The van der Waals surface area contributed by atoms with E-state index in [1.807, 2.05) is 6.92 Å². The summed E-state index contributed by atoms with van der Waals surface area (Å²) in [7, 11) is -4.77. The summed E-state index contributed by atoms with van der Waals surface area (Å²) in [6.45, 7) is 3.44. The number of ketones is 1. The molecule has 0 heterocycles. The van der Waals surface area contributed by atoms with Crippen molar-refractivity contribution in [3.8, 4) is 0 Å². The van der Waals surface area contributed by atoms with Crippen molar-refractivity contribution in [1.29, 1.82) is 0 Å². The first kappa shape index (κ1) is 12.8. The first-order chi connectivity index (χ1) is 7.23. The average molecular weight is 244 g/mol. The molecule has 16 heavy (non-hydrogen) atoms. The molecule has 1 atom stereocenters. The summed E-state index contributed by atoms with van der Waals surface area (Å²) >= 11 is 0. The van der Waals surface area contributed by atoms with Gasteiger partial charge in [-0.05, 0) is 19.4 Å². The highest BCUT2D eigenvalue weighted by Gasteiger charge is 2.29. The van der Waals surface area contributed by atoms with Gasteiger partial charge in [-0.25, -0.2) is 0 Å². The van der Waals surface area contributed by atoms with Crippen molar-refractivity contribution in [2.45, 2.75) is 19.3 Å². The third-order valence-corrected chi connectivity index (χ3v) is 2.93. The van der Waals surface area contributed by atoms with E-state index in [0.717, 1.165) is 5.56 Å². The van der Waals surface area contributed by atoms with Crippen LogP contribution in [-0.2, 0) is 10.1 Å². The number of aliphatic hydroxyl groups excluding tert-OH is 1. The average Bonchev–Trinajstić information content (AvgIpc) is 2.14. The zero-order valence-electron chi connectivity index (χ0n) is 8.84. The summed E-state index contributed by atoms with van der Waals surface area (Å²) in [6, 6.07) is 4.72. The Morgan fingerprint density at radius 2 is 1.88 bits per heavy atom. The molecule has 1 rings (SSSR count). The van der Waals surface area contributed by atoms with Gasteiger partial charge in [-0.3, -0.25) is 9.35 Å². The van der Waals surface area contributed by atoms with E-state index in [2.05, 4.69) is 0 Å². The minimum absolute atomic E-state index is 0.0794. The standard InChI is InChI=1S/C10H12O5S/c1-6-3-4-8(7(2)5-6)9(11)10(12)16(13,14)15/h3-5,10,12H,1-2H3,(H,13,14,15). The Bertz CT molecular complexity index is 518. The van der Waals surface area contributed by atoms with E-state index in [4.69, 9.17) is 9.66 Å². The van der Waals surface area contributed by atoms with Gasteiger partial charge in [0.1, 0.15) is 0 Å². The van der Waals surface area contributed by atoms with Gasteiger partial charge in [0.15, 0.2) is 0 Å². The lowest BCUT2D eigenvalue weighted by molar-refractivity contribution is 0.0848. The summed E-state index contributed by atoms with van der Waals surface area (Å²) in [5.74, 6) is -1.03. The van der Waals surface area contributed by atoms with Gasteiger partial charge in [-0.15, -0.1) is 0 Å². The number of benzene rings is 1. The van der Waals surface area contributed by atoms with Gasteiger partial charge in [-0.1, -0.05) is 23.8 Å². The van der Waals surface area contributed by atoms with Gasteiger partial charge in [0, 0.05) is 5.56 Å². The molecular formula is C10H12O5S. The third kappa shape index (κ3) is 2.66. The van der Waals surface area contributed by atoms with Crippen LogP contribution in [0.5, 0.6) is 0 Å². The van der Waals surface area contributed by atoms with Gasteiger partial charge >= 0.3 is 0 Å². The molecule has 6 heteroatoms. The van der Waals surface area contributed by atoms with Crippen LogP contribution in [0.4, 0.5) is 0 Å². The van der Waals surface area contributed by atoms with Gasteiger partial charge in [0.05, 0.1) is 0 Å². The Morgan fingerprint density at radius 3 is 2.31 bits per heavy atom. The lowest BCUT2D eigenvalue weighted by atomic mass is 10.0. The topological polar surface area (TPSA) is 91.7 Å². The molecule has 0 fully saturated rings. The highest BCUT2D eigenvalue weighted by Crippen LogP contribution is 2.14. The smallest absolute Gasteiger partial charge is 0.299 e. The van der Waals surface area contributed by atoms with Crippen molar-refractivity contribution in [3.63, 3.8) is 0 Å². The van der Waals surface area contributed by atoms with Crippen LogP contribution < -0.4 is 0 Å². The Labute approximate surface area is 93.5 Å². The maximum atomic E-state index is 11.5. The van der Waals surface area contributed by atoms with Crippen LogP contribution in [0.1, 0.15) is 21.5 Å². The Hall–Kier alpha value is -1.24. The van der Waals surface area contributed by atoms with E-state index in [1.165, 1.54) is 6.07 Å². The Balaban J connectivity index is 3.16. The molecule has 0 aliphatic carbocycles. The first-order valence-corrected chi connectivity index (χ1v) is 5.99. The second-order valence-electron chi connectivity index (χ2n) is 3.55. The molecule has 5 nitrogen and oxygen atoms in total. The number of aliphatic hydroxyl groups is 1. The molecule has 0 saturated heterocycles. The minimum Gasteiger partial charge on any atom is -0.369 e. The number of rotatable bonds is 3. The fraction of sp³-hybridized carbons (Fsp3) is 0.300. The third-order valence-electron chi connectivity index (χ3n) is 2.15. The molecule has 2 N–H and O–H groups in total. The molecule has 0 aromatic heterocycles. The maximum Gasteiger partial charge on any atom is 0.299 e. The van der Waals surface area contributed by atoms with Crippen LogP contribution in [-0.4, -0.2) is 29.3 Å². The lowest BCUT2D eigenvalue weighted by Gasteiger charge is -2.09. The quantitative estimate of drug-likeness (QED) is 0.603. The molecule has 0 bridgehead atoms. The molecule has 0 amide bonds. The molecule has 0 aliphatic heterocycles. The van der Waals surface area contributed by atoms with E-state index in [-0.39, 0.29) is 5.56 Å². The molecule has 0 radical (unpaired) electrons. The zero-order valence-corrected chi connectivity index (χ0v) is 9.65. The van der Waals surface area contributed by atoms with E-state index >= 15 is 0 Å². The Morgan fingerprint density at radius 1 is 1.31 bits per heavy atom. The summed E-state index contributed by atoms with van der Waals surface area (Å²) in [6.07, 6.45) is 0. The predicted octanol–water partition coefficient (Wildman–Crippen LogP) is 0.692. The number of hydrogen-bond donors (Lipinski definition) is 2. The van der Waals surface area contributed by atoms with Crippen molar-refractivity contribution in [1.82, 2.24) is 0 Å². The van der Waals surface area contributed by atoms with Crippen LogP contribution in [0, 0.1) is 13.8 Å². The van der Waals surface area contributed by atoms with Crippen molar-refractivity contribution >= 4 is 15.9 Å². The number of Topliss-reactive ketones (excluding diaryl/α,β-unsaturated/α-hetero) is 1. The number of carbonyl (C=O) groups excluding carboxylic acids is 1. The molecular weight excluding hydrogens is 232 g/mol. The van der Waals surface area contributed by atoms with E-state index in [9.17, 15) is 13.2 Å². The maximum absolute atomic E-state index is 11.5. The van der Waals surface area contributed by atoms with Crippen molar-refractivity contribution in [2.24, 2.45) is 0 Å². The molecule has 0 spiro atoms. The fourth-order valence-corrected chi connectivity index (χ4v) is 1.76. The van der Waals surface area contributed by atoms with E-state index in [1.54, 1.807) is 19.1 Å². The fourth-order valence-electron chi connectivity index (χ4n) is 1.36. The van der Waals surface area contributed by atoms with Crippen LogP contribution in [0.15, 0.2) is 18.2 Å². The largest absolute Gasteiger partial charge is 0.369 e. The highest BCUT2D eigenvalue weighted by atomic mass is 32.2. The monoisotopic (exact) mass is 244 g/mol. The second-order valence-corrected chi connectivity index (χ2v) is 5.03. The summed E-state index contributed by atoms with van der Waals surface area (Å²) < 4.78 is 29.8. The molecule has 0 aliphatic rings. The first-order valence-electron chi connectivity index (χ1n) is 4.49. The summed E-state index contributed by atoms with van der Waals surface area (Å²) in [4.78, 5) is 11.5. The lowest BCUT2D eigenvalue weighted by Crippen LogP contribution is -2.30. The van der Waals surface area contributed by atoms with Gasteiger partial charge < -0.3 is 5.11 Å². The highest BCUT2D eigenvalue weighted by molar-refractivity contribution is 7.87. The predicted molar refractivity (Wildman–Crippen MR) is 57.8 cm³/mol. The van der Waals surface area contributed by atoms with Gasteiger partial charge in [-0.2, -0.15) is 8.42 Å². The molecule has 88 valence electrons. The van der Waals surface area contributed by atoms with Crippen LogP contribution >= 0.6 is 0 Å². The zero-order chi connectivity index (χ0) is 12.5. The molecule has 0 saturated carbocycles. The molecule has 1 unspecified atom stereocenters. The van der Waals surface area contributed by atoms with Crippen LogP contribution in [0.25, 0.3) is 0 Å². The summed E-state index contributed by atoms with van der Waals surface area (Å²) in [5, 5.41) is 9.11. The van der Waals surface area contributed by atoms with Crippen molar-refractivity contribution < 1.29 is 22.9 Å².